The molecule has 0 heterocycles. The molecule has 0 aromatic heterocycles. The zero-order valence-electron chi connectivity index (χ0n) is 11.8. The van der Waals surface area contributed by atoms with Crippen LogP contribution in [0.5, 0.6) is 11.5 Å². The largest absolute Gasteiger partial charge is 0.505 e. The van der Waals surface area contributed by atoms with Crippen molar-refractivity contribution in [2.45, 2.75) is 0 Å². The number of halogens is 2. The zero-order valence-corrected chi connectivity index (χ0v) is 11.8. The van der Waals surface area contributed by atoms with E-state index < -0.39 is 35.1 Å². The van der Waals surface area contributed by atoms with Crippen LogP contribution in [0.15, 0.2) is 36.4 Å². The number of aromatic hydroxyl groups is 2. The van der Waals surface area contributed by atoms with E-state index in [1.54, 1.807) is 0 Å². The second-order valence-electron chi connectivity index (χ2n) is 4.13. The summed E-state index contributed by atoms with van der Waals surface area (Å²) in [6, 6.07) is 6.09. The number of esters is 1. The second kappa shape index (κ2) is 7.74. The molecule has 122 valence electrons. The van der Waals surface area contributed by atoms with Crippen molar-refractivity contribution in [1.29, 1.82) is 0 Å². The topological polar surface area (TPSA) is 104 Å². The molecule has 0 bridgehead atoms. The Morgan fingerprint density at radius 2 is 1.35 bits per heavy atom. The van der Waals surface area contributed by atoms with Crippen LogP contribution in [0.4, 0.5) is 8.78 Å². The molecule has 0 aliphatic rings. The van der Waals surface area contributed by atoms with E-state index in [0.717, 1.165) is 30.3 Å². The number of methoxy groups -OCH3 is 1. The molecule has 0 aliphatic heterocycles. The van der Waals surface area contributed by atoms with Crippen LogP contribution in [0.25, 0.3) is 0 Å². The monoisotopic (exact) mass is 326 g/mol. The molecule has 0 radical (unpaired) electrons. The lowest BCUT2D eigenvalue weighted by Crippen LogP contribution is -2.00. The van der Waals surface area contributed by atoms with Crippen molar-refractivity contribution in [3.05, 3.63) is 59.2 Å². The number of carbonyl (C=O) groups is 2. The number of benzene rings is 2. The summed E-state index contributed by atoms with van der Waals surface area (Å²) in [5.41, 5.74) is -0.0136. The molecule has 0 unspecified atom stereocenters. The Kier molecular flexibility index (Phi) is 6.02. The summed E-state index contributed by atoms with van der Waals surface area (Å²) in [5, 5.41) is 25.9. The van der Waals surface area contributed by atoms with Crippen LogP contribution < -0.4 is 0 Å². The number of carboxylic acid groups (broad SMARTS) is 1. The number of aromatic carboxylic acids is 1. The second-order valence-corrected chi connectivity index (χ2v) is 4.13. The number of hydrogen-bond acceptors (Lipinski definition) is 5. The molecule has 8 heteroatoms. The van der Waals surface area contributed by atoms with Gasteiger partial charge >= 0.3 is 11.9 Å². The Balaban J connectivity index is 0.000000231. The summed E-state index contributed by atoms with van der Waals surface area (Å²) in [4.78, 5) is 21.1. The van der Waals surface area contributed by atoms with E-state index in [-0.39, 0.29) is 11.1 Å². The zero-order chi connectivity index (χ0) is 17.6. The fourth-order valence-corrected chi connectivity index (χ4v) is 1.40. The first kappa shape index (κ1) is 17.9. The molecule has 0 atom stereocenters. The Labute approximate surface area is 129 Å². The summed E-state index contributed by atoms with van der Waals surface area (Å²) in [7, 11) is 1.21. The van der Waals surface area contributed by atoms with E-state index in [2.05, 4.69) is 4.74 Å². The first-order valence-corrected chi connectivity index (χ1v) is 6.05. The normalized spacial score (nSPS) is 9.52. The maximum atomic E-state index is 12.5. The molecule has 0 saturated carbocycles. The van der Waals surface area contributed by atoms with Gasteiger partial charge in [-0.3, -0.25) is 0 Å². The molecule has 2 aromatic carbocycles. The standard InChI is InChI=1S/C8H7FO3.C7H5FO3/c1-12-8(11)5-2-3-6(9)7(10)4-5;8-5-2-1-4(7(10)11)3-6(5)9/h2-4,10H,1H3;1-3,9H,(H,10,11). The lowest BCUT2D eigenvalue weighted by atomic mass is 10.2. The SMILES string of the molecule is COC(=O)c1ccc(F)c(O)c1.O=C(O)c1ccc(F)c(O)c1. The lowest BCUT2D eigenvalue weighted by molar-refractivity contribution is 0.0599. The molecule has 0 amide bonds. The maximum absolute atomic E-state index is 12.5. The molecular weight excluding hydrogens is 314 g/mol. The molecule has 0 saturated heterocycles. The van der Waals surface area contributed by atoms with Crippen LogP contribution in [0.1, 0.15) is 20.7 Å². The lowest BCUT2D eigenvalue weighted by Gasteiger charge is -1.99. The van der Waals surface area contributed by atoms with E-state index in [1.165, 1.54) is 13.2 Å². The van der Waals surface area contributed by atoms with Gasteiger partial charge in [0.1, 0.15) is 0 Å². The van der Waals surface area contributed by atoms with Crippen molar-refractivity contribution in [2.75, 3.05) is 7.11 Å². The Hall–Kier alpha value is -3.16. The molecule has 0 fully saturated rings. The quantitative estimate of drug-likeness (QED) is 0.733. The van der Waals surface area contributed by atoms with E-state index in [0.29, 0.717) is 0 Å². The van der Waals surface area contributed by atoms with Crippen molar-refractivity contribution < 1.29 is 38.4 Å². The number of hydrogen-bond donors (Lipinski definition) is 3. The minimum absolute atomic E-state index is 0.122. The fourth-order valence-electron chi connectivity index (χ4n) is 1.40. The van der Waals surface area contributed by atoms with Crippen molar-refractivity contribution >= 4 is 11.9 Å². The van der Waals surface area contributed by atoms with Gasteiger partial charge < -0.3 is 20.1 Å². The summed E-state index contributed by atoms with van der Waals surface area (Å²) >= 11 is 0. The van der Waals surface area contributed by atoms with E-state index in [4.69, 9.17) is 15.3 Å². The summed E-state index contributed by atoms with van der Waals surface area (Å²) in [6.45, 7) is 0. The highest BCUT2D eigenvalue weighted by atomic mass is 19.1. The average molecular weight is 326 g/mol. The number of carboxylic acids is 1. The predicted molar refractivity (Wildman–Crippen MR) is 74.4 cm³/mol. The summed E-state index contributed by atoms with van der Waals surface area (Å²) in [5.74, 6) is -4.59. The number of phenolic OH excluding ortho intramolecular Hbond substituents is 2. The van der Waals surface area contributed by atoms with Gasteiger partial charge in [-0.2, -0.15) is 0 Å². The molecule has 23 heavy (non-hydrogen) atoms. The van der Waals surface area contributed by atoms with Crippen molar-refractivity contribution in [3.8, 4) is 11.5 Å². The first-order chi connectivity index (χ1) is 10.8. The predicted octanol–water partition coefficient (Wildman–Crippen LogP) is 2.55. The molecule has 2 rings (SSSR count). The van der Waals surface area contributed by atoms with Crippen molar-refractivity contribution in [2.24, 2.45) is 0 Å². The molecule has 0 aliphatic carbocycles. The van der Waals surface area contributed by atoms with Crippen LogP contribution in [-0.2, 0) is 4.74 Å². The number of rotatable bonds is 2. The average Bonchev–Trinajstić information content (AvgIpc) is 2.52. The maximum Gasteiger partial charge on any atom is 0.337 e. The van der Waals surface area contributed by atoms with Gasteiger partial charge in [-0.1, -0.05) is 0 Å². The van der Waals surface area contributed by atoms with Gasteiger partial charge in [0.2, 0.25) is 0 Å². The first-order valence-electron chi connectivity index (χ1n) is 6.05. The number of carbonyl (C=O) groups excluding carboxylic acids is 1. The highest BCUT2D eigenvalue weighted by Crippen LogP contribution is 2.17. The highest BCUT2D eigenvalue weighted by molar-refractivity contribution is 5.89. The Bertz CT molecular complexity index is 730. The van der Waals surface area contributed by atoms with E-state index in [9.17, 15) is 18.4 Å². The highest BCUT2D eigenvalue weighted by Gasteiger charge is 2.08. The van der Waals surface area contributed by atoms with Crippen LogP contribution >= 0.6 is 0 Å². The third-order valence-electron chi connectivity index (χ3n) is 2.56. The summed E-state index contributed by atoms with van der Waals surface area (Å²) < 4.78 is 29.1. The molecule has 6 nitrogen and oxygen atoms in total. The minimum Gasteiger partial charge on any atom is -0.505 e. The van der Waals surface area contributed by atoms with Crippen LogP contribution in [0, 0.1) is 11.6 Å². The minimum atomic E-state index is -1.19. The van der Waals surface area contributed by atoms with Gasteiger partial charge in [0.25, 0.3) is 0 Å². The number of ether oxygens (including phenoxy) is 1. The molecule has 2 aromatic rings. The van der Waals surface area contributed by atoms with E-state index in [1.807, 2.05) is 0 Å². The molecule has 3 N–H and O–H groups in total. The third kappa shape index (κ3) is 4.95. The van der Waals surface area contributed by atoms with Crippen LogP contribution in [-0.4, -0.2) is 34.4 Å². The van der Waals surface area contributed by atoms with Crippen molar-refractivity contribution in [1.82, 2.24) is 0 Å². The smallest absolute Gasteiger partial charge is 0.337 e. The molecule has 0 spiro atoms. The van der Waals surface area contributed by atoms with Gasteiger partial charge in [0, 0.05) is 0 Å². The van der Waals surface area contributed by atoms with Crippen molar-refractivity contribution in [3.63, 3.8) is 0 Å². The van der Waals surface area contributed by atoms with Gasteiger partial charge in [-0.15, -0.1) is 0 Å². The van der Waals surface area contributed by atoms with Gasteiger partial charge in [0.15, 0.2) is 23.1 Å². The number of phenols is 2. The van der Waals surface area contributed by atoms with Crippen LogP contribution in [0.2, 0.25) is 0 Å². The Morgan fingerprint density at radius 3 is 1.74 bits per heavy atom. The van der Waals surface area contributed by atoms with Gasteiger partial charge in [0.05, 0.1) is 18.2 Å². The van der Waals surface area contributed by atoms with Gasteiger partial charge in [-0.05, 0) is 36.4 Å². The van der Waals surface area contributed by atoms with Gasteiger partial charge in [-0.25, -0.2) is 18.4 Å². The van der Waals surface area contributed by atoms with Crippen LogP contribution in [0.3, 0.4) is 0 Å². The third-order valence-corrected chi connectivity index (χ3v) is 2.56. The fraction of sp³-hybridized carbons (Fsp3) is 0.0667. The Morgan fingerprint density at radius 1 is 0.913 bits per heavy atom. The summed E-state index contributed by atoms with van der Waals surface area (Å²) in [6.07, 6.45) is 0. The molecular formula is C15H12F2O6. The van der Waals surface area contributed by atoms with E-state index >= 15 is 0 Å².